The van der Waals surface area contributed by atoms with Gasteiger partial charge < -0.3 is 19.3 Å². The van der Waals surface area contributed by atoms with Gasteiger partial charge in [0.1, 0.15) is 11.9 Å². The maximum Gasteiger partial charge on any atom is 0.276 e. The monoisotopic (exact) mass is 475 g/mol. The maximum absolute atomic E-state index is 13.2. The zero-order chi connectivity index (χ0) is 24.4. The highest BCUT2D eigenvalue weighted by Crippen LogP contribution is 2.27. The van der Waals surface area contributed by atoms with Gasteiger partial charge in [0.2, 0.25) is 0 Å². The smallest absolute Gasteiger partial charge is 0.276 e. The van der Waals surface area contributed by atoms with Crippen molar-refractivity contribution in [2.24, 2.45) is 0 Å². The molecule has 2 aliphatic rings. The highest BCUT2D eigenvalue weighted by molar-refractivity contribution is 5.93. The first kappa shape index (κ1) is 23.0. The van der Waals surface area contributed by atoms with E-state index in [4.69, 9.17) is 9.47 Å². The number of aromatic nitrogens is 3. The number of aryl methyl sites for hydroxylation is 2. The van der Waals surface area contributed by atoms with Crippen LogP contribution in [0.15, 0.2) is 48.5 Å². The van der Waals surface area contributed by atoms with Crippen LogP contribution in [-0.2, 0) is 22.7 Å². The lowest BCUT2D eigenvalue weighted by molar-refractivity contribution is -0.134. The Labute approximate surface area is 204 Å². The van der Waals surface area contributed by atoms with Crippen molar-refractivity contribution in [3.8, 4) is 5.75 Å². The van der Waals surface area contributed by atoms with Crippen LogP contribution >= 0.6 is 0 Å². The third-order valence-corrected chi connectivity index (χ3v) is 6.52. The predicted octanol–water partition coefficient (Wildman–Crippen LogP) is 2.53. The van der Waals surface area contributed by atoms with E-state index < -0.39 is 0 Å². The van der Waals surface area contributed by atoms with Crippen LogP contribution in [-0.4, -0.2) is 69.4 Å². The summed E-state index contributed by atoms with van der Waals surface area (Å²) < 4.78 is 13.5. The molecule has 0 aliphatic carbocycles. The van der Waals surface area contributed by atoms with Gasteiger partial charge in [0, 0.05) is 26.2 Å². The first-order valence-corrected chi connectivity index (χ1v) is 11.8. The van der Waals surface area contributed by atoms with Crippen LogP contribution in [0, 0.1) is 13.8 Å². The number of fused-ring (bicyclic) bond motifs is 1. The van der Waals surface area contributed by atoms with Crippen LogP contribution in [0.5, 0.6) is 5.75 Å². The summed E-state index contributed by atoms with van der Waals surface area (Å²) in [4.78, 5) is 29.2. The van der Waals surface area contributed by atoms with Gasteiger partial charge in [-0.2, -0.15) is 0 Å². The first-order valence-electron chi connectivity index (χ1n) is 11.8. The molecule has 35 heavy (non-hydrogen) atoms. The molecule has 0 spiro atoms. The van der Waals surface area contributed by atoms with Crippen molar-refractivity contribution in [2.75, 3.05) is 32.8 Å². The van der Waals surface area contributed by atoms with Crippen molar-refractivity contribution >= 4 is 11.8 Å². The van der Waals surface area contributed by atoms with E-state index in [0.29, 0.717) is 49.9 Å². The van der Waals surface area contributed by atoms with Gasteiger partial charge in [-0.3, -0.25) is 9.59 Å². The molecule has 5 rings (SSSR count). The Hall–Kier alpha value is -3.72. The first-order chi connectivity index (χ1) is 17.0. The molecule has 1 saturated heterocycles. The molecule has 0 bridgehead atoms. The van der Waals surface area contributed by atoms with Gasteiger partial charge in [0.05, 0.1) is 18.8 Å². The molecule has 0 unspecified atom stereocenters. The van der Waals surface area contributed by atoms with Crippen LogP contribution in [0.1, 0.15) is 39.0 Å². The fourth-order valence-corrected chi connectivity index (χ4v) is 4.41. The fourth-order valence-electron chi connectivity index (χ4n) is 4.41. The second-order valence-electron chi connectivity index (χ2n) is 9.06. The molecular formula is C26H29N5O4. The molecule has 0 N–H and O–H groups in total. The van der Waals surface area contributed by atoms with Crippen molar-refractivity contribution in [3.05, 3.63) is 76.6 Å². The van der Waals surface area contributed by atoms with Crippen LogP contribution in [0.3, 0.4) is 0 Å². The molecule has 2 aliphatic heterocycles. The number of amides is 2. The summed E-state index contributed by atoms with van der Waals surface area (Å²) in [6.45, 7) is 6.59. The molecule has 3 heterocycles. The molecule has 1 aromatic heterocycles. The average Bonchev–Trinajstić information content (AvgIpc) is 3.31. The third kappa shape index (κ3) is 5.05. The second-order valence-corrected chi connectivity index (χ2v) is 9.06. The number of carbonyl (C=O) groups excluding carboxylic acids is 2. The molecule has 3 aromatic rings. The van der Waals surface area contributed by atoms with Crippen molar-refractivity contribution in [1.29, 1.82) is 0 Å². The largest absolute Gasteiger partial charge is 0.484 e. The summed E-state index contributed by atoms with van der Waals surface area (Å²) in [6, 6.07) is 15.8. The fraction of sp³-hybridized carbons (Fsp3) is 0.385. The van der Waals surface area contributed by atoms with Gasteiger partial charge in [-0.15, -0.1) is 5.10 Å². The van der Waals surface area contributed by atoms with Crippen molar-refractivity contribution < 1.29 is 19.1 Å². The van der Waals surface area contributed by atoms with Crippen LogP contribution < -0.4 is 4.74 Å². The van der Waals surface area contributed by atoms with Crippen molar-refractivity contribution in [2.45, 2.75) is 33.1 Å². The molecule has 182 valence electrons. The number of carbonyl (C=O) groups is 2. The predicted molar refractivity (Wildman–Crippen MR) is 128 cm³/mol. The van der Waals surface area contributed by atoms with E-state index in [2.05, 4.69) is 34.6 Å². The molecule has 0 radical (unpaired) electrons. The quantitative estimate of drug-likeness (QED) is 0.563. The average molecular weight is 476 g/mol. The summed E-state index contributed by atoms with van der Waals surface area (Å²) in [5.41, 5.74) is 4.38. The Kier molecular flexibility index (Phi) is 6.50. The van der Waals surface area contributed by atoms with Gasteiger partial charge in [-0.1, -0.05) is 47.2 Å². The number of benzene rings is 2. The second kappa shape index (κ2) is 9.87. The summed E-state index contributed by atoms with van der Waals surface area (Å²) in [5.74, 6) is 0.415. The zero-order valence-electron chi connectivity index (χ0n) is 20.0. The van der Waals surface area contributed by atoms with Gasteiger partial charge in [0.15, 0.2) is 12.3 Å². The Balaban J connectivity index is 1.15. The normalized spacial score (nSPS) is 17.7. The van der Waals surface area contributed by atoms with Gasteiger partial charge in [-0.05, 0) is 37.1 Å². The summed E-state index contributed by atoms with van der Waals surface area (Å²) in [7, 11) is 0. The van der Waals surface area contributed by atoms with E-state index in [0.717, 1.165) is 11.1 Å². The van der Waals surface area contributed by atoms with E-state index in [1.165, 1.54) is 5.56 Å². The van der Waals surface area contributed by atoms with Crippen LogP contribution in [0.2, 0.25) is 0 Å². The minimum atomic E-state index is -0.174. The van der Waals surface area contributed by atoms with Crippen molar-refractivity contribution in [1.82, 2.24) is 24.8 Å². The Morgan fingerprint density at radius 3 is 2.49 bits per heavy atom. The zero-order valence-corrected chi connectivity index (χ0v) is 20.0. The Bertz CT molecular complexity index is 1210. The SMILES string of the molecule is Cc1ccc([C@@H]2Cn3nnc(C(=O)N4CCN(C(=O)COc5cccc(C)c5)CC4)c3CO2)cc1. The lowest BCUT2D eigenvalue weighted by Crippen LogP contribution is -2.51. The standard InChI is InChI=1S/C26H29N5O4/c1-18-6-8-20(9-7-18)23-15-31-22(16-35-23)25(27-28-31)26(33)30-12-10-29(11-13-30)24(32)17-34-21-5-3-4-19(2)14-21/h3-9,14,23H,10-13,15-17H2,1-2H3/t23-/m0/s1. The minimum Gasteiger partial charge on any atom is -0.484 e. The molecule has 0 saturated carbocycles. The third-order valence-electron chi connectivity index (χ3n) is 6.52. The molecule has 2 amide bonds. The number of piperazine rings is 1. The van der Waals surface area contributed by atoms with Crippen molar-refractivity contribution in [3.63, 3.8) is 0 Å². The van der Waals surface area contributed by atoms with Gasteiger partial charge in [0.25, 0.3) is 11.8 Å². The number of hydrogen-bond acceptors (Lipinski definition) is 6. The number of nitrogens with zero attached hydrogens (tertiary/aromatic N) is 5. The summed E-state index contributed by atoms with van der Waals surface area (Å²) >= 11 is 0. The lowest BCUT2D eigenvalue weighted by atomic mass is 10.1. The maximum atomic E-state index is 13.2. The summed E-state index contributed by atoms with van der Waals surface area (Å²) in [6.07, 6.45) is -0.121. The van der Waals surface area contributed by atoms with E-state index >= 15 is 0 Å². The van der Waals surface area contributed by atoms with E-state index in [-0.39, 0.29) is 31.1 Å². The van der Waals surface area contributed by atoms with Gasteiger partial charge >= 0.3 is 0 Å². The highest BCUT2D eigenvalue weighted by Gasteiger charge is 2.32. The molecule has 9 heteroatoms. The molecule has 9 nitrogen and oxygen atoms in total. The number of hydrogen-bond donors (Lipinski definition) is 0. The summed E-state index contributed by atoms with van der Waals surface area (Å²) in [5, 5.41) is 8.41. The van der Waals surface area contributed by atoms with E-state index in [9.17, 15) is 9.59 Å². The lowest BCUT2D eigenvalue weighted by Gasteiger charge is -2.34. The number of rotatable bonds is 5. The topological polar surface area (TPSA) is 89.8 Å². The Morgan fingerprint density at radius 1 is 1.00 bits per heavy atom. The van der Waals surface area contributed by atoms with Crippen LogP contribution in [0.4, 0.5) is 0 Å². The minimum absolute atomic E-state index is 0.0185. The highest BCUT2D eigenvalue weighted by atomic mass is 16.5. The van der Waals surface area contributed by atoms with Crippen LogP contribution in [0.25, 0.3) is 0 Å². The number of ether oxygens (including phenoxy) is 2. The molecule has 1 atom stereocenters. The van der Waals surface area contributed by atoms with E-state index in [1.54, 1.807) is 14.5 Å². The van der Waals surface area contributed by atoms with E-state index in [1.807, 2.05) is 38.1 Å². The molecule has 2 aromatic carbocycles. The molecule has 1 fully saturated rings. The van der Waals surface area contributed by atoms with Gasteiger partial charge in [-0.25, -0.2) is 4.68 Å². The Morgan fingerprint density at radius 2 is 1.74 bits per heavy atom. The molecular weight excluding hydrogens is 446 g/mol.